The molecule has 0 radical (unpaired) electrons. The van der Waals surface area contributed by atoms with Gasteiger partial charge >= 0.3 is 6.09 Å². The van der Waals surface area contributed by atoms with Crippen LogP contribution in [-0.2, 0) is 28.6 Å². The zero-order chi connectivity index (χ0) is 20.8. The van der Waals surface area contributed by atoms with Gasteiger partial charge in [-0.15, -0.1) is 0 Å². The van der Waals surface area contributed by atoms with Crippen molar-refractivity contribution in [1.29, 1.82) is 0 Å². The van der Waals surface area contributed by atoms with E-state index in [-0.39, 0.29) is 6.61 Å². The minimum Gasteiger partial charge on any atom is -0.444 e. The lowest BCUT2D eigenvalue weighted by atomic mass is 10.0. The molecule has 0 aromatic rings. The molecule has 2 fully saturated rings. The molecule has 0 bridgehead atoms. The van der Waals surface area contributed by atoms with Gasteiger partial charge in [0.1, 0.15) is 17.4 Å². The van der Waals surface area contributed by atoms with Crippen molar-refractivity contribution in [3.05, 3.63) is 0 Å². The summed E-state index contributed by atoms with van der Waals surface area (Å²) in [6, 6.07) is -0.559. The fourth-order valence-corrected chi connectivity index (χ4v) is 3.27. The van der Waals surface area contributed by atoms with Crippen molar-refractivity contribution in [3.63, 3.8) is 0 Å². The highest BCUT2D eigenvalue weighted by Gasteiger charge is 2.57. The smallest absolute Gasteiger partial charge is 0.412 e. The van der Waals surface area contributed by atoms with Gasteiger partial charge in [0, 0.05) is 7.05 Å². The Bertz CT molecular complexity index is 585. The van der Waals surface area contributed by atoms with Gasteiger partial charge < -0.3 is 18.9 Å². The van der Waals surface area contributed by atoms with Crippen LogP contribution in [0.3, 0.4) is 0 Å². The Kier molecular flexibility index (Phi) is 5.83. The first-order valence-corrected chi connectivity index (χ1v) is 9.02. The van der Waals surface area contributed by atoms with Crippen LogP contribution in [0.15, 0.2) is 0 Å². The van der Waals surface area contributed by atoms with Crippen LogP contribution in [0, 0.1) is 0 Å². The molecule has 2 aliphatic heterocycles. The number of hydrogen-bond acceptors (Lipinski definition) is 7. The third-order valence-electron chi connectivity index (χ3n) is 4.45. The molecular formula is C18H32N2O7. The lowest BCUT2D eigenvalue weighted by Gasteiger charge is -2.37. The van der Waals surface area contributed by atoms with E-state index in [4.69, 9.17) is 23.8 Å². The Hall–Kier alpha value is -1.42. The molecule has 9 heteroatoms. The number of ether oxygens (including phenoxy) is 4. The molecular weight excluding hydrogens is 356 g/mol. The Morgan fingerprint density at radius 2 is 1.74 bits per heavy atom. The SMILES string of the molecule is CON(C)C(=O)[C@@H]1OC(C)(C)O[C@@H]1[C@H]1COC(C)(C)N1C(=O)OC(C)(C)C. The summed E-state index contributed by atoms with van der Waals surface area (Å²) in [6.07, 6.45) is -2.22. The van der Waals surface area contributed by atoms with E-state index in [0.717, 1.165) is 5.06 Å². The minimum absolute atomic E-state index is 0.191. The highest BCUT2D eigenvalue weighted by molar-refractivity contribution is 5.81. The lowest BCUT2D eigenvalue weighted by Crippen LogP contribution is -2.57. The van der Waals surface area contributed by atoms with Crippen LogP contribution in [0.2, 0.25) is 0 Å². The summed E-state index contributed by atoms with van der Waals surface area (Å²) in [5, 5.41) is 1.08. The highest BCUT2D eigenvalue weighted by Crippen LogP contribution is 2.38. The zero-order valence-electron chi connectivity index (χ0n) is 17.7. The van der Waals surface area contributed by atoms with E-state index in [2.05, 4.69) is 0 Å². The predicted octanol–water partition coefficient (Wildman–Crippen LogP) is 1.90. The van der Waals surface area contributed by atoms with Gasteiger partial charge in [0.2, 0.25) is 0 Å². The molecule has 0 unspecified atom stereocenters. The van der Waals surface area contributed by atoms with E-state index < -0.39 is 47.4 Å². The first-order valence-electron chi connectivity index (χ1n) is 9.02. The molecule has 2 saturated heterocycles. The van der Waals surface area contributed by atoms with Gasteiger partial charge in [-0.3, -0.25) is 14.5 Å². The van der Waals surface area contributed by atoms with Crippen molar-refractivity contribution in [2.75, 3.05) is 20.8 Å². The van der Waals surface area contributed by atoms with Gasteiger partial charge in [-0.25, -0.2) is 9.86 Å². The van der Waals surface area contributed by atoms with E-state index in [1.807, 2.05) is 0 Å². The van der Waals surface area contributed by atoms with Crippen molar-refractivity contribution in [3.8, 4) is 0 Å². The van der Waals surface area contributed by atoms with Crippen LogP contribution in [-0.4, -0.2) is 78.1 Å². The lowest BCUT2D eigenvalue weighted by molar-refractivity contribution is -0.187. The number of hydroxylamine groups is 2. The molecule has 0 saturated carbocycles. The van der Waals surface area contributed by atoms with Crippen LogP contribution in [0.25, 0.3) is 0 Å². The van der Waals surface area contributed by atoms with Crippen LogP contribution in [0.5, 0.6) is 0 Å². The molecule has 0 aromatic carbocycles. The average Bonchev–Trinajstić information content (AvgIpc) is 2.99. The predicted molar refractivity (Wildman–Crippen MR) is 95.5 cm³/mol. The van der Waals surface area contributed by atoms with Crippen LogP contribution >= 0.6 is 0 Å². The number of rotatable bonds is 3. The summed E-state index contributed by atoms with van der Waals surface area (Å²) >= 11 is 0. The van der Waals surface area contributed by atoms with Gasteiger partial charge in [0.05, 0.1) is 19.8 Å². The van der Waals surface area contributed by atoms with Crippen molar-refractivity contribution < 1.29 is 33.4 Å². The summed E-state index contributed by atoms with van der Waals surface area (Å²) in [5.74, 6) is -1.40. The summed E-state index contributed by atoms with van der Waals surface area (Å²) in [6.45, 7) is 12.6. The third-order valence-corrected chi connectivity index (χ3v) is 4.45. The maximum absolute atomic E-state index is 12.9. The quantitative estimate of drug-likeness (QED) is 0.683. The molecule has 2 amide bonds. The number of carbonyl (C=O) groups excluding carboxylic acids is 2. The van der Waals surface area contributed by atoms with Crippen molar-refractivity contribution in [2.24, 2.45) is 0 Å². The van der Waals surface area contributed by atoms with E-state index in [1.54, 1.807) is 48.5 Å². The largest absolute Gasteiger partial charge is 0.444 e. The highest BCUT2D eigenvalue weighted by atomic mass is 16.8. The van der Waals surface area contributed by atoms with Gasteiger partial charge in [0.25, 0.3) is 5.91 Å². The Balaban J connectivity index is 2.34. The molecule has 2 heterocycles. The molecule has 3 atom stereocenters. The van der Waals surface area contributed by atoms with Crippen LogP contribution in [0.4, 0.5) is 4.79 Å². The molecule has 156 valence electrons. The molecule has 0 aromatic heterocycles. The van der Waals surface area contributed by atoms with Gasteiger partial charge in [-0.1, -0.05) is 0 Å². The molecule has 0 N–H and O–H groups in total. The number of hydrogen-bond donors (Lipinski definition) is 0. The second kappa shape index (κ2) is 7.20. The van der Waals surface area contributed by atoms with Crippen LogP contribution < -0.4 is 0 Å². The number of nitrogens with zero attached hydrogens (tertiary/aromatic N) is 2. The van der Waals surface area contributed by atoms with E-state index in [1.165, 1.54) is 19.1 Å². The summed E-state index contributed by atoms with van der Waals surface area (Å²) < 4.78 is 23.2. The first kappa shape index (κ1) is 21.9. The standard InChI is InChI=1S/C18H32N2O7/c1-16(2,3)27-15(22)20-11(10-24-17(20,4)5)12-13(14(21)19(8)23-9)26-18(6,7)25-12/h11-13H,10H2,1-9H3/t11-,12-,13-/m1/s1. The van der Waals surface area contributed by atoms with Gasteiger partial charge in [-0.05, 0) is 48.5 Å². The Morgan fingerprint density at radius 3 is 2.26 bits per heavy atom. The topological polar surface area (TPSA) is 86.8 Å². The van der Waals surface area contributed by atoms with Gasteiger partial charge in [-0.2, -0.15) is 0 Å². The third kappa shape index (κ3) is 4.71. The minimum atomic E-state index is -0.994. The number of amides is 2. The number of likely N-dealkylation sites (N-methyl/N-ethyl adjacent to an activating group) is 1. The summed E-state index contributed by atoms with van der Waals surface area (Å²) in [7, 11) is 2.89. The maximum atomic E-state index is 12.9. The molecule has 9 nitrogen and oxygen atoms in total. The van der Waals surface area contributed by atoms with Gasteiger partial charge in [0.15, 0.2) is 11.9 Å². The van der Waals surface area contributed by atoms with Crippen molar-refractivity contribution in [2.45, 2.75) is 83.8 Å². The molecule has 0 aliphatic carbocycles. The summed E-state index contributed by atoms with van der Waals surface area (Å²) in [5.41, 5.74) is -1.58. The number of carbonyl (C=O) groups is 2. The monoisotopic (exact) mass is 388 g/mol. The average molecular weight is 388 g/mol. The maximum Gasteiger partial charge on any atom is 0.412 e. The van der Waals surface area contributed by atoms with E-state index >= 15 is 0 Å². The van der Waals surface area contributed by atoms with Crippen molar-refractivity contribution in [1.82, 2.24) is 9.96 Å². The van der Waals surface area contributed by atoms with E-state index in [9.17, 15) is 9.59 Å². The van der Waals surface area contributed by atoms with Crippen LogP contribution in [0.1, 0.15) is 48.5 Å². The zero-order valence-corrected chi connectivity index (χ0v) is 17.7. The summed E-state index contributed by atoms with van der Waals surface area (Å²) in [4.78, 5) is 32.1. The fraction of sp³-hybridized carbons (Fsp3) is 0.889. The fourth-order valence-electron chi connectivity index (χ4n) is 3.27. The first-order chi connectivity index (χ1) is 12.2. The molecule has 2 rings (SSSR count). The Labute approximate surface area is 160 Å². The second-order valence-corrected chi connectivity index (χ2v) is 8.71. The Morgan fingerprint density at radius 1 is 1.15 bits per heavy atom. The van der Waals surface area contributed by atoms with E-state index in [0.29, 0.717) is 0 Å². The second-order valence-electron chi connectivity index (χ2n) is 8.71. The normalized spacial score (nSPS) is 29.7. The van der Waals surface area contributed by atoms with Crippen molar-refractivity contribution >= 4 is 12.0 Å². The molecule has 2 aliphatic rings. The molecule has 0 spiro atoms. The molecule has 27 heavy (non-hydrogen) atoms.